The Morgan fingerprint density at radius 2 is 1.39 bits per heavy atom. The molecule has 0 aliphatic heterocycles. The van der Waals surface area contributed by atoms with Gasteiger partial charge in [0.1, 0.15) is 0 Å². The number of anilines is 2. The summed E-state index contributed by atoms with van der Waals surface area (Å²) in [7, 11) is 0. The van der Waals surface area contributed by atoms with Crippen molar-refractivity contribution in [2.75, 3.05) is 10.6 Å². The monoisotopic (exact) mass is 316 g/mol. The second-order valence-electron chi connectivity index (χ2n) is 6.38. The van der Waals surface area contributed by atoms with Crippen molar-refractivity contribution in [2.45, 2.75) is 32.1 Å². The maximum atomic E-state index is 12.2. The van der Waals surface area contributed by atoms with Crippen LogP contribution in [0.5, 0.6) is 0 Å². The summed E-state index contributed by atoms with van der Waals surface area (Å²) in [6, 6.07) is 7.04. The number of hydrogen-bond donors (Lipinski definition) is 3. The van der Waals surface area contributed by atoms with E-state index in [-0.39, 0.29) is 23.7 Å². The maximum absolute atomic E-state index is 12.2. The van der Waals surface area contributed by atoms with Gasteiger partial charge in [-0.05, 0) is 50.3 Å². The molecule has 0 unspecified atom stereocenters. The fraction of sp³-hybridized carbons (Fsp3) is 0.471. The molecule has 6 heteroatoms. The van der Waals surface area contributed by atoms with Gasteiger partial charge in [-0.2, -0.15) is 0 Å². The summed E-state index contributed by atoms with van der Waals surface area (Å²) in [4.78, 5) is 35.0. The van der Waals surface area contributed by atoms with Crippen LogP contribution in [0.2, 0.25) is 0 Å². The number of carbonyl (C=O) groups excluding carboxylic acids is 2. The number of hydrogen-bond acceptors (Lipinski definition) is 3. The summed E-state index contributed by atoms with van der Waals surface area (Å²) in [5.74, 6) is -1.52. The number of rotatable bonds is 5. The summed E-state index contributed by atoms with van der Waals surface area (Å²) in [6.07, 6.45) is 3.41. The standard InChI is InChI=1S/C17H20N2O4/c20-15(10-4-5-10)18-13-2-1-3-14(9-13)19-16(21)11-6-7-12(8-11)17(22)23/h1-3,9-12H,4-8H2,(H,18,20)(H,19,21)(H,22,23)/t11-,12+/m1/s1. The van der Waals surface area contributed by atoms with Gasteiger partial charge in [0.05, 0.1) is 5.92 Å². The number of carbonyl (C=O) groups is 3. The minimum Gasteiger partial charge on any atom is -0.481 e. The van der Waals surface area contributed by atoms with E-state index in [1.807, 2.05) is 0 Å². The van der Waals surface area contributed by atoms with Crippen LogP contribution in [0, 0.1) is 17.8 Å². The van der Waals surface area contributed by atoms with Crippen molar-refractivity contribution in [3.63, 3.8) is 0 Å². The smallest absolute Gasteiger partial charge is 0.306 e. The zero-order valence-electron chi connectivity index (χ0n) is 12.7. The largest absolute Gasteiger partial charge is 0.481 e. The third-order valence-corrected chi connectivity index (χ3v) is 4.50. The molecule has 0 spiro atoms. The minimum atomic E-state index is -0.829. The molecular weight excluding hydrogens is 296 g/mol. The number of amides is 2. The fourth-order valence-corrected chi connectivity index (χ4v) is 2.95. The van der Waals surface area contributed by atoms with E-state index in [4.69, 9.17) is 5.11 Å². The van der Waals surface area contributed by atoms with Gasteiger partial charge in [0, 0.05) is 23.2 Å². The predicted octanol–water partition coefficient (Wildman–Crippen LogP) is 2.47. The Kier molecular flexibility index (Phi) is 4.32. The van der Waals surface area contributed by atoms with Gasteiger partial charge in [0.15, 0.2) is 0 Å². The normalized spacial score (nSPS) is 23.3. The lowest BCUT2D eigenvalue weighted by Gasteiger charge is -2.12. The Balaban J connectivity index is 1.58. The van der Waals surface area contributed by atoms with E-state index in [2.05, 4.69) is 10.6 Å². The van der Waals surface area contributed by atoms with Crippen molar-refractivity contribution < 1.29 is 19.5 Å². The summed E-state index contributed by atoms with van der Waals surface area (Å²) >= 11 is 0. The average Bonchev–Trinajstić information content (AvgIpc) is 3.24. The van der Waals surface area contributed by atoms with Crippen LogP contribution in [0.1, 0.15) is 32.1 Å². The predicted molar refractivity (Wildman–Crippen MR) is 84.9 cm³/mol. The molecule has 3 N–H and O–H groups in total. The molecule has 1 aromatic carbocycles. The molecule has 2 amide bonds. The molecule has 3 rings (SSSR count). The zero-order valence-corrected chi connectivity index (χ0v) is 12.7. The van der Waals surface area contributed by atoms with Crippen LogP contribution in [0.4, 0.5) is 11.4 Å². The van der Waals surface area contributed by atoms with Gasteiger partial charge < -0.3 is 15.7 Å². The van der Waals surface area contributed by atoms with E-state index in [0.29, 0.717) is 30.6 Å². The molecule has 2 saturated carbocycles. The van der Waals surface area contributed by atoms with Crippen molar-refractivity contribution in [1.29, 1.82) is 0 Å². The number of carboxylic acid groups (broad SMARTS) is 1. The summed E-state index contributed by atoms with van der Waals surface area (Å²) < 4.78 is 0. The molecule has 2 fully saturated rings. The zero-order chi connectivity index (χ0) is 16.4. The van der Waals surface area contributed by atoms with Gasteiger partial charge in [-0.1, -0.05) is 6.07 Å². The van der Waals surface area contributed by atoms with E-state index < -0.39 is 11.9 Å². The third-order valence-electron chi connectivity index (χ3n) is 4.50. The van der Waals surface area contributed by atoms with E-state index in [1.165, 1.54) is 0 Å². The molecule has 122 valence electrons. The van der Waals surface area contributed by atoms with E-state index in [1.54, 1.807) is 24.3 Å². The van der Waals surface area contributed by atoms with Gasteiger partial charge in [-0.3, -0.25) is 14.4 Å². The molecule has 23 heavy (non-hydrogen) atoms. The van der Waals surface area contributed by atoms with Gasteiger partial charge in [0.25, 0.3) is 0 Å². The molecule has 2 atom stereocenters. The van der Waals surface area contributed by atoms with Gasteiger partial charge in [-0.25, -0.2) is 0 Å². The Labute approximate surface area is 134 Å². The quantitative estimate of drug-likeness (QED) is 0.777. The first-order chi connectivity index (χ1) is 11.0. The molecule has 1 aromatic rings. The first-order valence-corrected chi connectivity index (χ1v) is 7.97. The summed E-state index contributed by atoms with van der Waals surface area (Å²) in [5, 5.41) is 14.7. The molecule has 0 radical (unpaired) electrons. The lowest BCUT2D eigenvalue weighted by Crippen LogP contribution is -2.22. The van der Waals surface area contributed by atoms with Crippen LogP contribution in [0.15, 0.2) is 24.3 Å². The third kappa shape index (κ3) is 3.88. The number of carboxylic acids is 1. The Bertz CT molecular complexity index is 639. The molecule has 0 saturated heterocycles. The lowest BCUT2D eigenvalue weighted by molar-refractivity contribution is -0.141. The lowest BCUT2D eigenvalue weighted by atomic mass is 10.0. The highest BCUT2D eigenvalue weighted by Crippen LogP contribution is 2.32. The summed E-state index contributed by atoms with van der Waals surface area (Å²) in [5.41, 5.74) is 1.27. The van der Waals surface area contributed by atoms with Crippen molar-refractivity contribution in [1.82, 2.24) is 0 Å². The molecular formula is C17H20N2O4. The van der Waals surface area contributed by atoms with Crippen molar-refractivity contribution in [3.05, 3.63) is 24.3 Å². The highest BCUT2D eigenvalue weighted by Gasteiger charge is 2.34. The molecule has 2 aliphatic rings. The summed E-state index contributed by atoms with van der Waals surface area (Å²) in [6.45, 7) is 0. The van der Waals surface area contributed by atoms with Crippen molar-refractivity contribution >= 4 is 29.2 Å². The second kappa shape index (κ2) is 6.40. The van der Waals surface area contributed by atoms with Crippen LogP contribution < -0.4 is 10.6 Å². The number of benzene rings is 1. The molecule has 6 nitrogen and oxygen atoms in total. The highest BCUT2D eigenvalue weighted by molar-refractivity contribution is 5.96. The SMILES string of the molecule is O=C(Nc1cccc(NC(=O)[C@@H]2CC[C@H](C(=O)O)C2)c1)C1CC1. The number of nitrogens with one attached hydrogen (secondary N) is 2. The van der Waals surface area contributed by atoms with Gasteiger partial charge in [-0.15, -0.1) is 0 Å². The van der Waals surface area contributed by atoms with Crippen LogP contribution in [-0.4, -0.2) is 22.9 Å². The second-order valence-corrected chi connectivity index (χ2v) is 6.38. The van der Waals surface area contributed by atoms with Crippen LogP contribution in [0.25, 0.3) is 0 Å². The van der Waals surface area contributed by atoms with E-state index >= 15 is 0 Å². The molecule has 0 heterocycles. The Morgan fingerprint density at radius 1 is 0.870 bits per heavy atom. The minimum absolute atomic E-state index is 0.0218. The first-order valence-electron chi connectivity index (χ1n) is 7.97. The van der Waals surface area contributed by atoms with Crippen LogP contribution >= 0.6 is 0 Å². The maximum Gasteiger partial charge on any atom is 0.306 e. The van der Waals surface area contributed by atoms with Gasteiger partial charge >= 0.3 is 5.97 Å². The topological polar surface area (TPSA) is 95.5 Å². The molecule has 0 bridgehead atoms. The average molecular weight is 316 g/mol. The number of aliphatic carboxylic acids is 1. The Morgan fingerprint density at radius 3 is 1.91 bits per heavy atom. The van der Waals surface area contributed by atoms with Crippen LogP contribution in [-0.2, 0) is 14.4 Å². The Hall–Kier alpha value is -2.37. The molecule has 0 aromatic heterocycles. The highest BCUT2D eigenvalue weighted by atomic mass is 16.4. The van der Waals surface area contributed by atoms with Crippen molar-refractivity contribution in [3.8, 4) is 0 Å². The van der Waals surface area contributed by atoms with Gasteiger partial charge in [0.2, 0.25) is 11.8 Å². The fourth-order valence-electron chi connectivity index (χ4n) is 2.95. The molecule has 2 aliphatic carbocycles. The first kappa shape index (κ1) is 15.5. The van der Waals surface area contributed by atoms with Crippen molar-refractivity contribution in [2.24, 2.45) is 17.8 Å². The van der Waals surface area contributed by atoms with Crippen LogP contribution in [0.3, 0.4) is 0 Å². The van der Waals surface area contributed by atoms with E-state index in [9.17, 15) is 14.4 Å². The van der Waals surface area contributed by atoms with E-state index in [0.717, 1.165) is 12.8 Å².